The van der Waals surface area contributed by atoms with E-state index in [2.05, 4.69) is 28.2 Å². The molecule has 1 aliphatic carbocycles. The molecule has 3 nitrogen and oxygen atoms in total. The molecular weight excluding hydrogens is 294 g/mol. The zero-order chi connectivity index (χ0) is 13.1. The molecule has 0 heterocycles. The van der Waals surface area contributed by atoms with E-state index in [1.165, 1.54) is 0 Å². The highest BCUT2D eigenvalue weighted by Crippen LogP contribution is 2.34. The molecule has 1 fully saturated rings. The molecule has 1 N–H and O–H groups in total. The molecule has 0 spiro atoms. The fourth-order valence-corrected chi connectivity index (χ4v) is 2.90. The first-order chi connectivity index (χ1) is 8.61. The minimum absolute atomic E-state index is 0.108. The van der Waals surface area contributed by atoms with E-state index in [0.29, 0.717) is 11.7 Å². The lowest BCUT2D eigenvalue weighted by Crippen LogP contribution is -2.24. The molecule has 0 radical (unpaired) electrons. The van der Waals surface area contributed by atoms with E-state index in [1.807, 2.05) is 18.2 Å². The molecule has 98 valence electrons. The van der Waals surface area contributed by atoms with Gasteiger partial charge in [-0.25, -0.2) is 0 Å². The van der Waals surface area contributed by atoms with Crippen LogP contribution in [0.5, 0.6) is 5.75 Å². The second-order valence-corrected chi connectivity index (χ2v) is 5.76. The van der Waals surface area contributed by atoms with Gasteiger partial charge in [0.05, 0.1) is 12.8 Å². The minimum atomic E-state index is 0.108. The molecule has 2 atom stereocenters. The Morgan fingerprint density at radius 1 is 1.44 bits per heavy atom. The molecule has 0 aliphatic heterocycles. The van der Waals surface area contributed by atoms with Crippen LogP contribution >= 0.6 is 15.9 Å². The number of hydrogen-bond donors (Lipinski definition) is 1. The Bertz CT molecular complexity index is 447. The molecule has 1 amide bonds. The average molecular weight is 312 g/mol. The number of hydrogen-bond acceptors (Lipinski definition) is 2. The topological polar surface area (TPSA) is 38.3 Å². The Balaban J connectivity index is 2.13. The highest BCUT2D eigenvalue weighted by molar-refractivity contribution is 9.10. The van der Waals surface area contributed by atoms with Gasteiger partial charge in [-0.1, -0.05) is 29.3 Å². The van der Waals surface area contributed by atoms with E-state index in [4.69, 9.17) is 4.74 Å². The number of halogens is 1. The third kappa shape index (κ3) is 2.86. The van der Waals surface area contributed by atoms with E-state index < -0.39 is 0 Å². The SMILES string of the molecule is COc1ccc(Br)cc1NC(=O)C1CCCC1C. The predicted molar refractivity (Wildman–Crippen MR) is 75.8 cm³/mol. The van der Waals surface area contributed by atoms with Crippen molar-refractivity contribution < 1.29 is 9.53 Å². The molecule has 4 heteroatoms. The summed E-state index contributed by atoms with van der Waals surface area (Å²) in [6, 6.07) is 5.61. The van der Waals surface area contributed by atoms with Crippen molar-refractivity contribution in [1.29, 1.82) is 0 Å². The van der Waals surface area contributed by atoms with Crippen LogP contribution in [0.2, 0.25) is 0 Å². The van der Waals surface area contributed by atoms with Crippen molar-refractivity contribution in [2.75, 3.05) is 12.4 Å². The summed E-state index contributed by atoms with van der Waals surface area (Å²) in [5.41, 5.74) is 0.732. The van der Waals surface area contributed by atoms with Gasteiger partial charge in [0, 0.05) is 10.4 Å². The van der Waals surface area contributed by atoms with Crippen molar-refractivity contribution in [2.45, 2.75) is 26.2 Å². The monoisotopic (exact) mass is 311 g/mol. The first-order valence-electron chi connectivity index (χ1n) is 6.26. The number of nitrogens with one attached hydrogen (secondary N) is 1. The van der Waals surface area contributed by atoms with Crippen molar-refractivity contribution in [3.05, 3.63) is 22.7 Å². The van der Waals surface area contributed by atoms with Gasteiger partial charge in [0.15, 0.2) is 0 Å². The lowest BCUT2D eigenvalue weighted by Gasteiger charge is -2.16. The summed E-state index contributed by atoms with van der Waals surface area (Å²) in [5, 5.41) is 2.98. The van der Waals surface area contributed by atoms with Crippen molar-refractivity contribution >= 4 is 27.5 Å². The van der Waals surface area contributed by atoms with E-state index >= 15 is 0 Å². The molecule has 2 unspecified atom stereocenters. The van der Waals surface area contributed by atoms with Gasteiger partial charge in [0.2, 0.25) is 5.91 Å². The summed E-state index contributed by atoms with van der Waals surface area (Å²) in [6.45, 7) is 2.15. The molecule has 1 aromatic rings. The van der Waals surface area contributed by atoms with Gasteiger partial charge in [-0.2, -0.15) is 0 Å². The van der Waals surface area contributed by atoms with Crippen molar-refractivity contribution in [3.8, 4) is 5.75 Å². The van der Waals surface area contributed by atoms with Crippen LogP contribution in [0, 0.1) is 11.8 Å². The number of ether oxygens (including phenoxy) is 1. The van der Waals surface area contributed by atoms with Crippen LogP contribution < -0.4 is 10.1 Å². The van der Waals surface area contributed by atoms with Crippen molar-refractivity contribution in [3.63, 3.8) is 0 Å². The predicted octanol–water partition coefficient (Wildman–Crippen LogP) is 3.83. The van der Waals surface area contributed by atoms with Gasteiger partial charge in [-0.15, -0.1) is 0 Å². The average Bonchev–Trinajstić information content (AvgIpc) is 2.76. The third-order valence-corrected chi connectivity index (χ3v) is 4.11. The zero-order valence-electron chi connectivity index (χ0n) is 10.7. The summed E-state index contributed by atoms with van der Waals surface area (Å²) in [7, 11) is 1.61. The van der Waals surface area contributed by atoms with Crippen LogP contribution in [0.25, 0.3) is 0 Å². The van der Waals surface area contributed by atoms with Gasteiger partial charge < -0.3 is 10.1 Å². The maximum atomic E-state index is 12.2. The summed E-state index contributed by atoms with van der Waals surface area (Å²) in [5.74, 6) is 1.41. The lowest BCUT2D eigenvalue weighted by molar-refractivity contribution is -0.120. The van der Waals surface area contributed by atoms with Gasteiger partial charge in [0.1, 0.15) is 5.75 Å². The summed E-state index contributed by atoms with van der Waals surface area (Å²) in [6.07, 6.45) is 3.28. The van der Waals surface area contributed by atoms with E-state index in [1.54, 1.807) is 7.11 Å². The first-order valence-corrected chi connectivity index (χ1v) is 7.05. The Morgan fingerprint density at radius 3 is 2.83 bits per heavy atom. The number of carbonyl (C=O) groups is 1. The van der Waals surface area contributed by atoms with Crippen molar-refractivity contribution in [1.82, 2.24) is 0 Å². The number of carbonyl (C=O) groups excluding carboxylic acids is 1. The van der Waals surface area contributed by atoms with Crippen LogP contribution in [0.3, 0.4) is 0 Å². The molecule has 1 saturated carbocycles. The lowest BCUT2D eigenvalue weighted by atomic mass is 9.97. The molecule has 0 aromatic heterocycles. The van der Waals surface area contributed by atoms with E-state index in [0.717, 1.165) is 29.4 Å². The second kappa shape index (κ2) is 5.74. The zero-order valence-corrected chi connectivity index (χ0v) is 12.3. The number of methoxy groups -OCH3 is 1. The number of benzene rings is 1. The first kappa shape index (κ1) is 13.4. The van der Waals surface area contributed by atoms with Gasteiger partial charge in [0.25, 0.3) is 0 Å². The smallest absolute Gasteiger partial charge is 0.227 e. The fourth-order valence-electron chi connectivity index (χ4n) is 2.54. The summed E-state index contributed by atoms with van der Waals surface area (Å²) < 4.78 is 6.18. The number of rotatable bonds is 3. The molecule has 0 bridgehead atoms. The fraction of sp³-hybridized carbons (Fsp3) is 0.500. The third-order valence-electron chi connectivity index (χ3n) is 3.62. The van der Waals surface area contributed by atoms with Gasteiger partial charge >= 0.3 is 0 Å². The molecule has 2 rings (SSSR count). The van der Waals surface area contributed by atoms with E-state index in [9.17, 15) is 4.79 Å². The maximum Gasteiger partial charge on any atom is 0.227 e. The molecule has 1 aliphatic rings. The van der Waals surface area contributed by atoms with Crippen molar-refractivity contribution in [2.24, 2.45) is 11.8 Å². The molecule has 1 aromatic carbocycles. The molecular formula is C14H18BrNO2. The molecule has 0 saturated heterocycles. The maximum absolute atomic E-state index is 12.2. The van der Waals surface area contributed by atoms with E-state index in [-0.39, 0.29) is 11.8 Å². The number of anilines is 1. The molecule has 18 heavy (non-hydrogen) atoms. The highest BCUT2D eigenvalue weighted by atomic mass is 79.9. The number of amides is 1. The minimum Gasteiger partial charge on any atom is -0.495 e. The quantitative estimate of drug-likeness (QED) is 0.921. The van der Waals surface area contributed by atoms with Crippen LogP contribution in [0.15, 0.2) is 22.7 Å². The Morgan fingerprint density at radius 2 is 2.22 bits per heavy atom. The summed E-state index contributed by atoms with van der Waals surface area (Å²) >= 11 is 3.40. The Hall–Kier alpha value is -1.03. The second-order valence-electron chi connectivity index (χ2n) is 4.85. The van der Waals surface area contributed by atoms with Crippen LogP contribution in [-0.2, 0) is 4.79 Å². The van der Waals surface area contributed by atoms with Gasteiger partial charge in [-0.05, 0) is 37.0 Å². The van der Waals surface area contributed by atoms with Crippen LogP contribution in [0.4, 0.5) is 5.69 Å². The largest absolute Gasteiger partial charge is 0.495 e. The normalized spacial score (nSPS) is 22.8. The standard InChI is InChI=1S/C14H18BrNO2/c1-9-4-3-5-11(9)14(17)16-12-8-10(15)6-7-13(12)18-2/h6-9,11H,3-5H2,1-2H3,(H,16,17). The Labute approximate surface area is 116 Å². The Kier molecular flexibility index (Phi) is 4.27. The van der Waals surface area contributed by atoms with Crippen LogP contribution in [0.1, 0.15) is 26.2 Å². The summed E-state index contributed by atoms with van der Waals surface area (Å²) in [4.78, 5) is 12.2. The highest BCUT2D eigenvalue weighted by Gasteiger charge is 2.30. The van der Waals surface area contributed by atoms with Crippen LogP contribution in [-0.4, -0.2) is 13.0 Å². The van der Waals surface area contributed by atoms with Gasteiger partial charge in [-0.3, -0.25) is 4.79 Å².